The molecule has 0 unspecified atom stereocenters. The zero-order valence-electron chi connectivity index (χ0n) is 12.4. The van der Waals surface area contributed by atoms with Gasteiger partial charge in [0.05, 0.1) is 0 Å². The number of hydrogen-bond donors (Lipinski definition) is 1. The summed E-state index contributed by atoms with van der Waals surface area (Å²) in [6.45, 7) is 4.75. The van der Waals surface area contributed by atoms with Gasteiger partial charge in [-0.2, -0.15) is 13.2 Å². The van der Waals surface area contributed by atoms with Crippen molar-refractivity contribution in [1.82, 2.24) is 9.88 Å². The zero-order chi connectivity index (χ0) is 16.0. The molecule has 118 valence electrons. The number of alkyl halides is 3. The minimum absolute atomic E-state index is 0.0657. The molecule has 0 bridgehead atoms. The molecule has 7 heteroatoms. The molecule has 0 radical (unpaired) electrons. The van der Waals surface area contributed by atoms with Gasteiger partial charge in [-0.15, -0.1) is 0 Å². The highest BCUT2D eigenvalue weighted by atomic mass is 19.4. The molecule has 1 rings (SSSR count). The number of rotatable bonds is 6. The standard InChI is InChI=1S/C14H20F3N3O/c1-4-6-20(9-14(15,16)17)13(21)11-7-10(3)19-12(8-11)18-5-2/h7-8H,4-6,9H2,1-3H3,(H,18,19). The third kappa shape index (κ3) is 5.61. The van der Waals surface area contributed by atoms with E-state index in [4.69, 9.17) is 0 Å². The predicted molar refractivity (Wildman–Crippen MR) is 75.4 cm³/mol. The number of pyridine rings is 1. The molecule has 0 saturated heterocycles. The Bertz CT molecular complexity index is 489. The van der Waals surface area contributed by atoms with Gasteiger partial charge in [-0.05, 0) is 32.4 Å². The van der Waals surface area contributed by atoms with E-state index < -0.39 is 18.6 Å². The molecule has 1 aromatic heterocycles. The average molecular weight is 303 g/mol. The van der Waals surface area contributed by atoms with E-state index in [1.807, 2.05) is 6.92 Å². The molecular formula is C14H20F3N3O. The second kappa shape index (κ2) is 7.28. The molecule has 0 spiro atoms. The summed E-state index contributed by atoms with van der Waals surface area (Å²) in [5, 5.41) is 2.96. The van der Waals surface area contributed by atoms with Crippen molar-refractivity contribution in [2.75, 3.05) is 25.0 Å². The van der Waals surface area contributed by atoms with Crippen molar-refractivity contribution in [1.29, 1.82) is 0 Å². The predicted octanol–water partition coefficient (Wildman–Crippen LogP) is 3.24. The topological polar surface area (TPSA) is 45.2 Å². The molecule has 1 aromatic rings. The van der Waals surface area contributed by atoms with Crippen LogP contribution in [0.25, 0.3) is 0 Å². The summed E-state index contributed by atoms with van der Waals surface area (Å²) in [5.74, 6) is -0.136. The van der Waals surface area contributed by atoms with E-state index in [1.54, 1.807) is 13.8 Å². The van der Waals surface area contributed by atoms with Crippen LogP contribution in [0.15, 0.2) is 12.1 Å². The average Bonchev–Trinajstić information content (AvgIpc) is 2.35. The molecule has 0 aliphatic heterocycles. The Hall–Kier alpha value is -1.79. The molecular weight excluding hydrogens is 283 g/mol. The Morgan fingerprint density at radius 3 is 2.52 bits per heavy atom. The van der Waals surface area contributed by atoms with E-state index in [-0.39, 0.29) is 12.1 Å². The molecule has 4 nitrogen and oxygen atoms in total. The maximum atomic E-state index is 12.6. The molecule has 1 N–H and O–H groups in total. The van der Waals surface area contributed by atoms with Gasteiger partial charge < -0.3 is 10.2 Å². The van der Waals surface area contributed by atoms with Gasteiger partial charge in [0.2, 0.25) is 0 Å². The highest BCUT2D eigenvalue weighted by Gasteiger charge is 2.33. The van der Waals surface area contributed by atoms with Crippen LogP contribution in [0.2, 0.25) is 0 Å². The van der Waals surface area contributed by atoms with E-state index in [0.717, 1.165) is 4.90 Å². The number of carbonyl (C=O) groups excluding carboxylic acids is 1. The molecule has 0 atom stereocenters. The van der Waals surface area contributed by atoms with Crippen LogP contribution in [-0.4, -0.2) is 41.6 Å². The number of halogens is 3. The fraction of sp³-hybridized carbons (Fsp3) is 0.571. The first kappa shape index (κ1) is 17.3. The van der Waals surface area contributed by atoms with Gasteiger partial charge in [0.15, 0.2) is 0 Å². The number of amides is 1. The van der Waals surface area contributed by atoms with Crippen molar-refractivity contribution in [2.45, 2.75) is 33.4 Å². The normalized spacial score (nSPS) is 11.3. The van der Waals surface area contributed by atoms with Gasteiger partial charge >= 0.3 is 6.18 Å². The van der Waals surface area contributed by atoms with Crippen molar-refractivity contribution in [2.24, 2.45) is 0 Å². The van der Waals surface area contributed by atoms with E-state index in [9.17, 15) is 18.0 Å². The Morgan fingerprint density at radius 1 is 1.33 bits per heavy atom. The zero-order valence-corrected chi connectivity index (χ0v) is 12.4. The summed E-state index contributed by atoms with van der Waals surface area (Å²) in [6.07, 6.45) is -3.94. The van der Waals surface area contributed by atoms with E-state index in [2.05, 4.69) is 10.3 Å². The molecule has 0 aliphatic rings. The maximum absolute atomic E-state index is 12.6. The smallest absolute Gasteiger partial charge is 0.370 e. The summed E-state index contributed by atoms with van der Waals surface area (Å²) in [5.41, 5.74) is 0.802. The van der Waals surface area contributed by atoms with Crippen LogP contribution in [0.1, 0.15) is 36.3 Å². The van der Waals surface area contributed by atoms with E-state index in [1.165, 1.54) is 12.1 Å². The first-order chi connectivity index (χ1) is 9.76. The monoisotopic (exact) mass is 303 g/mol. The summed E-state index contributed by atoms with van der Waals surface area (Å²) in [7, 11) is 0. The third-order valence-corrected chi connectivity index (χ3v) is 2.71. The lowest BCUT2D eigenvalue weighted by atomic mass is 10.2. The maximum Gasteiger partial charge on any atom is 0.406 e. The molecule has 0 saturated carbocycles. The first-order valence-corrected chi connectivity index (χ1v) is 6.85. The largest absolute Gasteiger partial charge is 0.406 e. The van der Waals surface area contributed by atoms with Crippen LogP contribution in [0.3, 0.4) is 0 Å². The summed E-state index contributed by atoms with van der Waals surface area (Å²) in [6, 6.07) is 2.99. The molecule has 0 fully saturated rings. The first-order valence-electron chi connectivity index (χ1n) is 6.85. The van der Waals surface area contributed by atoms with Crippen molar-refractivity contribution < 1.29 is 18.0 Å². The van der Waals surface area contributed by atoms with E-state index in [0.29, 0.717) is 24.5 Å². The number of nitrogens with one attached hydrogen (secondary N) is 1. The Labute approximate surface area is 122 Å². The number of anilines is 1. The van der Waals surface area contributed by atoms with Crippen LogP contribution in [-0.2, 0) is 0 Å². The minimum Gasteiger partial charge on any atom is -0.370 e. The molecule has 1 amide bonds. The van der Waals surface area contributed by atoms with Crippen molar-refractivity contribution in [3.05, 3.63) is 23.4 Å². The lowest BCUT2D eigenvalue weighted by molar-refractivity contribution is -0.140. The molecule has 0 aliphatic carbocycles. The minimum atomic E-state index is -4.41. The van der Waals surface area contributed by atoms with Crippen LogP contribution in [0, 0.1) is 6.92 Å². The van der Waals surface area contributed by atoms with Crippen molar-refractivity contribution >= 4 is 11.7 Å². The van der Waals surface area contributed by atoms with Gasteiger partial charge in [0, 0.05) is 24.3 Å². The van der Waals surface area contributed by atoms with Gasteiger partial charge in [-0.3, -0.25) is 4.79 Å². The fourth-order valence-corrected chi connectivity index (χ4v) is 1.99. The van der Waals surface area contributed by atoms with Crippen LogP contribution in [0.4, 0.5) is 19.0 Å². The Kier molecular flexibility index (Phi) is 5.99. The van der Waals surface area contributed by atoms with Crippen molar-refractivity contribution in [3.8, 4) is 0 Å². The summed E-state index contributed by atoms with van der Waals surface area (Å²) in [4.78, 5) is 17.3. The Balaban J connectivity index is 3.02. The number of hydrogen-bond acceptors (Lipinski definition) is 3. The quantitative estimate of drug-likeness (QED) is 0.877. The number of carbonyl (C=O) groups is 1. The fourth-order valence-electron chi connectivity index (χ4n) is 1.99. The highest BCUT2D eigenvalue weighted by molar-refractivity contribution is 5.95. The van der Waals surface area contributed by atoms with Gasteiger partial charge in [0.1, 0.15) is 12.4 Å². The summed E-state index contributed by atoms with van der Waals surface area (Å²) < 4.78 is 37.7. The van der Waals surface area contributed by atoms with Gasteiger partial charge in [-0.25, -0.2) is 4.98 Å². The third-order valence-electron chi connectivity index (χ3n) is 2.71. The number of nitrogens with zero attached hydrogens (tertiary/aromatic N) is 2. The number of aryl methyl sites for hydroxylation is 1. The Morgan fingerprint density at radius 2 is 2.00 bits per heavy atom. The molecule has 21 heavy (non-hydrogen) atoms. The van der Waals surface area contributed by atoms with Gasteiger partial charge in [-0.1, -0.05) is 6.92 Å². The SMILES string of the molecule is CCCN(CC(F)(F)F)C(=O)c1cc(C)nc(NCC)c1. The second-order valence-electron chi connectivity index (χ2n) is 4.75. The molecule has 1 heterocycles. The van der Waals surface area contributed by atoms with Crippen LogP contribution in [0.5, 0.6) is 0 Å². The van der Waals surface area contributed by atoms with Gasteiger partial charge in [0.25, 0.3) is 5.91 Å². The highest BCUT2D eigenvalue weighted by Crippen LogP contribution is 2.19. The van der Waals surface area contributed by atoms with Crippen molar-refractivity contribution in [3.63, 3.8) is 0 Å². The van der Waals surface area contributed by atoms with Crippen LogP contribution >= 0.6 is 0 Å². The number of aromatic nitrogens is 1. The lowest BCUT2D eigenvalue weighted by Gasteiger charge is -2.23. The molecule has 0 aromatic carbocycles. The summed E-state index contributed by atoms with van der Waals surface area (Å²) >= 11 is 0. The second-order valence-corrected chi connectivity index (χ2v) is 4.75. The lowest BCUT2D eigenvalue weighted by Crippen LogP contribution is -2.39. The van der Waals surface area contributed by atoms with Crippen LogP contribution < -0.4 is 5.32 Å². The van der Waals surface area contributed by atoms with E-state index >= 15 is 0 Å².